The van der Waals surface area contributed by atoms with E-state index >= 15 is 0 Å². The van der Waals surface area contributed by atoms with Crippen molar-refractivity contribution in [3.8, 4) is 0 Å². The van der Waals surface area contributed by atoms with Gasteiger partial charge < -0.3 is 15.0 Å². The van der Waals surface area contributed by atoms with Crippen LogP contribution in [0.1, 0.15) is 36.5 Å². The van der Waals surface area contributed by atoms with Crippen molar-refractivity contribution in [3.05, 3.63) is 22.8 Å². The van der Waals surface area contributed by atoms with Gasteiger partial charge in [0.15, 0.2) is 0 Å². The average Bonchev–Trinajstić information content (AvgIpc) is 2.50. The number of hydrogen-bond acceptors (Lipinski definition) is 4. The maximum absolute atomic E-state index is 12.5. The number of amides is 1. The van der Waals surface area contributed by atoms with E-state index in [2.05, 4.69) is 10.3 Å². The summed E-state index contributed by atoms with van der Waals surface area (Å²) in [6.45, 7) is 4.10. The number of nitrogens with zero attached hydrogens (tertiary/aromatic N) is 2. The third kappa shape index (κ3) is 4.32. The number of nitrogens with one attached hydrogen (secondary N) is 1. The predicted molar refractivity (Wildman–Crippen MR) is 84.0 cm³/mol. The maximum Gasteiger partial charge on any atom is 0.255 e. The van der Waals surface area contributed by atoms with E-state index in [4.69, 9.17) is 16.3 Å². The summed E-state index contributed by atoms with van der Waals surface area (Å²) < 4.78 is 5.68. The molecule has 1 amide bonds. The fraction of sp³-hybridized carbons (Fsp3) is 0.600. The summed E-state index contributed by atoms with van der Waals surface area (Å²) in [7, 11) is 1.78. The first-order valence-electron chi connectivity index (χ1n) is 7.38. The fourth-order valence-corrected chi connectivity index (χ4v) is 2.61. The summed E-state index contributed by atoms with van der Waals surface area (Å²) in [5.74, 6) is 0.559. The van der Waals surface area contributed by atoms with Crippen LogP contribution < -0.4 is 5.32 Å². The molecule has 6 heteroatoms. The van der Waals surface area contributed by atoms with E-state index in [1.54, 1.807) is 18.0 Å². The number of carbonyl (C=O) groups excluding carboxylic acids is 1. The first-order chi connectivity index (χ1) is 10.1. The number of aromatic nitrogens is 1. The monoisotopic (exact) mass is 311 g/mol. The number of hydrogen-bond donors (Lipinski definition) is 1. The number of halogens is 1. The van der Waals surface area contributed by atoms with E-state index in [0.29, 0.717) is 22.9 Å². The van der Waals surface area contributed by atoms with Crippen molar-refractivity contribution in [2.24, 2.45) is 0 Å². The number of carbonyl (C=O) groups is 1. The van der Waals surface area contributed by atoms with E-state index in [-0.39, 0.29) is 12.0 Å². The van der Waals surface area contributed by atoms with Gasteiger partial charge in [-0.15, -0.1) is 0 Å². The quantitative estimate of drug-likeness (QED) is 0.908. The van der Waals surface area contributed by atoms with Crippen molar-refractivity contribution in [1.82, 2.24) is 9.88 Å². The van der Waals surface area contributed by atoms with Gasteiger partial charge in [-0.3, -0.25) is 4.79 Å². The number of rotatable bonds is 5. The van der Waals surface area contributed by atoms with Gasteiger partial charge in [0.1, 0.15) is 5.82 Å². The third-order valence-corrected chi connectivity index (χ3v) is 3.84. The minimum atomic E-state index is -0.101. The minimum Gasteiger partial charge on any atom is -0.376 e. The Hall–Kier alpha value is -1.33. The molecule has 0 bridgehead atoms. The van der Waals surface area contributed by atoms with Crippen LogP contribution in [0.3, 0.4) is 0 Å². The van der Waals surface area contributed by atoms with E-state index in [0.717, 1.165) is 32.4 Å². The molecule has 1 aromatic rings. The van der Waals surface area contributed by atoms with Crippen molar-refractivity contribution < 1.29 is 9.53 Å². The molecule has 1 aromatic heterocycles. The van der Waals surface area contributed by atoms with Crippen LogP contribution in [-0.2, 0) is 4.74 Å². The molecular formula is C15H22ClN3O2. The largest absolute Gasteiger partial charge is 0.376 e. The second-order valence-electron chi connectivity index (χ2n) is 5.25. The summed E-state index contributed by atoms with van der Waals surface area (Å²) in [6.07, 6.45) is 4.91. The Morgan fingerprint density at radius 3 is 3.05 bits per heavy atom. The van der Waals surface area contributed by atoms with Crippen molar-refractivity contribution >= 4 is 23.3 Å². The summed E-state index contributed by atoms with van der Waals surface area (Å²) >= 11 is 6.11. The zero-order valence-corrected chi connectivity index (χ0v) is 13.3. The molecule has 0 aromatic carbocycles. The molecule has 5 nitrogen and oxygen atoms in total. The highest BCUT2D eigenvalue weighted by Gasteiger charge is 2.21. The molecule has 1 atom stereocenters. The average molecular weight is 312 g/mol. The SMILES string of the molecule is CCNc1cc(C(=O)N(C)CC2CCCCO2)c(Cl)cn1. The van der Waals surface area contributed by atoms with Crippen LogP contribution in [0.2, 0.25) is 5.02 Å². The molecule has 1 aliphatic heterocycles. The lowest BCUT2D eigenvalue weighted by molar-refractivity contribution is -0.000185. The van der Waals surface area contributed by atoms with Crippen molar-refractivity contribution in [2.45, 2.75) is 32.3 Å². The lowest BCUT2D eigenvalue weighted by atomic mass is 10.1. The highest BCUT2D eigenvalue weighted by Crippen LogP contribution is 2.21. The summed E-state index contributed by atoms with van der Waals surface area (Å²) in [5.41, 5.74) is 0.473. The van der Waals surface area contributed by atoms with Crippen LogP contribution in [0.4, 0.5) is 5.82 Å². The van der Waals surface area contributed by atoms with Gasteiger partial charge in [-0.2, -0.15) is 0 Å². The lowest BCUT2D eigenvalue weighted by Gasteiger charge is -2.27. The first-order valence-corrected chi connectivity index (χ1v) is 7.76. The maximum atomic E-state index is 12.5. The fourth-order valence-electron chi connectivity index (χ4n) is 2.43. The lowest BCUT2D eigenvalue weighted by Crippen LogP contribution is -2.37. The van der Waals surface area contributed by atoms with Gasteiger partial charge in [0, 0.05) is 32.9 Å². The Bertz CT molecular complexity index is 490. The number of pyridine rings is 1. The third-order valence-electron chi connectivity index (χ3n) is 3.54. The highest BCUT2D eigenvalue weighted by molar-refractivity contribution is 6.33. The Balaban J connectivity index is 2.05. The van der Waals surface area contributed by atoms with E-state index < -0.39 is 0 Å². The minimum absolute atomic E-state index is 0.101. The Labute approximate surface area is 130 Å². The van der Waals surface area contributed by atoms with Crippen molar-refractivity contribution in [3.63, 3.8) is 0 Å². The number of likely N-dealkylation sites (N-methyl/N-ethyl adjacent to an activating group) is 1. The molecule has 1 aliphatic rings. The highest BCUT2D eigenvalue weighted by atomic mass is 35.5. The summed E-state index contributed by atoms with van der Waals surface area (Å²) in [4.78, 5) is 18.3. The molecular weight excluding hydrogens is 290 g/mol. The molecule has 1 N–H and O–H groups in total. The molecule has 0 radical (unpaired) electrons. The van der Waals surface area contributed by atoms with Gasteiger partial charge in [0.05, 0.1) is 16.7 Å². The molecule has 1 fully saturated rings. The Kier molecular flexibility index (Phi) is 5.82. The molecule has 0 aliphatic carbocycles. The zero-order chi connectivity index (χ0) is 15.2. The van der Waals surface area contributed by atoms with Crippen molar-refractivity contribution in [2.75, 3.05) is 32.1 Å². The topological polar surface area (TPSA) is 54.5 Å². The first kappa shape index (κ1) is 16.0. The van der Waals surface area contributed by atoms with Gasteiger partial charge in [-0.05, 0) is 32.3 Å². The van der Waals surface area contributed by atoms with Crippen LogP contribution in [0.25, 0.3) is 0 Å². The zero-order valence-electron chi connectivity index (χ0n) is 12.6. The molecule has 1 saturated heterocycles. The van der Waals surface area contributed by atoms with Gasteiger partial charge in [-0.1, -0.05) is 11.6 Å². The Morgan fingerprint density at radius 1 is 1.57 bits per heavy atom. The van der Waals surface area contributed by atoms with Crippen LogP contribution in [0, 0.1) is 0 Å². The molecule has 0 spiro atoms. The van der Waals surface area contributed by atoms with Gasteiger partial charge in [0.25, 0.3) is 5.91 Å². The van der Waals surface area contributed by atoms with Gasteiger partial charge in [-0.25, -0.2) is 4.98 Å². The second-order valence-corrected chi connectivity index (χ2v) is 5.66. The van der Waals surface area contributed by atoms with E-state index in [1.165, 1.54) is 6.20 Å². The molecule has 2 rings (SSSR count). The summed E-state index contributed by atoms with van der Waals surface area (Å²) in [5, 5.41) is 3.46. The van der Waals surface area contributed by atoms with Crippen LogP contribution in [0.15, 0.2) is 12.3 Å². The standard InChI is InChI=1S/C15H22ClN3O2/c1-3-17-14-8-12(13(16)9-18-14)15(20)19(2)10-11-6-4-5-7-21-11/h8-9,11H,3-7,10H2,1-2H3,(H,17,18). The molecule has 116 valence electrons. The van der Waals surface area contributed by atoms with Crippen LogP contribution >= 0.6 is 11.6 Å². The molecule has 1 unspecified atom stereocenters. The van der Waals surface area contributed by atoms with Crippen LogP contribution in [0.5, 0.6) is 0 Å². The van der Waals surface area contributed by atoms with E-state index in [1.807, 2.05) is 6.92 Å². The molecule has 21 heavy (non-hydrogen) atoms. The molecule has 2 heterocycles. The predicted octanol–water partition coefficient (Wildman–Crippen LogP) is 2.81. The Morgan fingerprint density at radius 2 is 2.38 bits per heavy atom. The van der Waals surface area contributed by atoms with Gasteiger partial charge in [0.2, 0.25) is 0 Å². The number of ether oxygens (including phenoxy) is 1. The van der Waals surface area contributed by atoms with Gasteiger partial charge >= 0.3 is 0 Å². The molecule has 0 saturated carbocycles. The van der Waals surface area contributed by atoms with Crippen LogP contribution in [-0.4, -0.2) is 48.6 Å². The summed E-state index contributed by atoms with van der Waals surface area (Å²) in [6, 6.07) is 1.70. The smallest absolute Gasteiger partial charge is 0.255 e. The second kappa shape index (κ2) is 7.61. The number of anilines is 1. The van der Waals surface area contributed by atoms with E-state index in [9.17, 15) is 4.79 Å². The normalized spacial score (nSPS) is 18.3. The van der Waals surface area contributed by atoms with Crippen molar-refractivity contribution in [1.29, 1.82) is 0 Å².